The Morgan fingerprint density at radius 1 is 1.04 bits per heavy atom. The molecule has 0 saturated heterocycles. The Hall–Kier alpha value is -0.770. The Balaban J connectivity index is 0.00000312. The van der Waals surface area contributed by atoms with Crippen LogP contribution in [0.5, 0.6) is 5.88 Å². The van der Waals surface area contributed by atoms with Crippen LogP contribution in [0.4, 0.5) is 0 Å². The Morgan fingerprint density at radius 3 is 2.40 bits per heavy atom. The molecule has 25 heavy (non-hydrogen) atoms. The molecule has 0 aliphatic carbocycles. The Morgan fingerprint density at radius 2 is 1.72 bits per heavy atom. The van der Waals surface area contributed by atoms with E-state index < -0.39 is 0 Å². The SMILES string of the molecule is CCOCCOCCOCCOc1nsnc1C1=CCCN(C)C1.Cl. The van der Waals surface area contributed by atoms with Crippen LogP contribution in [-0.4, -0.2) is 80.0 Å². The fraction of sp³-hybridized carbons (Fsp3) is 0.750. The van der Waals surface area contributed by atoms with Gasteiger partial charge in [0.05, 0.1) is 44.8 Å². The molecule has 0 radical (unpaired) electrons. The molecule has 7 nitrogen and oxygen atoms in total. The van der Waals surface area contributed by atoms with Crippen molar-refractivity contribution < 1.29 is 18.9 Å². The molecule has 1 aromatic rings. The topological polar surface area (TPSA) is 65.9 Å². The van der Waals surface area contributed by atoms with Crippen molar-refractivity contribution in [2.45, 2.75) is 13.3 Å². The van der Waals surface area contributed by atoms with Gasteiger partial charge in [-0.1, -0.05) is 6.08 Å². The molecule has 9 heteroatoms. The zero-order valence-corrected chi connectivity index (χ0v) is 16.6. The second kappa shape index (κ2) is 13.4. The van der Waals surface area contributed by atoms with Gasteiger partial charge in [0.25, 0.3) is 5.88 Å². The van der Waals surface area contributed by atoms with E-state index >= 15 is 0 Å². The highest BCUT2D eigenvalue weighted by atomic mass is 35.5. The molecule has 1 aliphatic rings. The molecular formula is C16H28ClN3O4S. The first-order chi connectivity index (χ1) is 11.8. The number of aromatic nitrogens is 2. The average Bonchev–Trinajstić information content (AvgIpc) is 3.05. The number of halogens is 1. The van der Waals surface area contributed by atoms with E-state index in [4.69, 9.17) is 18.9 Å². The minimum absolute atomic E-state index is 0. The molecule has 1 aromatic heterocycles. The van der Waals surface area contributed by atoms with Gasteiger partial charge in [0.2, 0.25) is 0 Å². The molecule has 144 valence electrons. The van der Waals surface area contributed by atoms with Crippen LogP contribution in [-0.2, 0) is 14.2 Å². The lowest BCUT2D eigenvalue weighted by molar-refractivity contribution is 0.0111. The van der Waals surface area contributed by atoms with E-state index in [1.165, 1.54) is 17.3 Å². The Bertz CT molecular complexity index is 501. The van der Waals surface area contributed by atoms with Crippen LogP contribution in [0.3, 0.4) is 0 Å². The van der Waals surface area contributed by atoms with E-state index in [1.54, 1.807) is 0 Å². The Labute approximate surface area is 160 Å². The van der Waals surface area contributed by atoms with Crippen LogP contribution in [0.25, 0.3) is 5.57 Å². The van der Waals surface area contributed by atoms with Crippen molar-refractivity contribution in [3.05, 3.63) is 11.8 Å². The fourth-order valence-corrected chi connectivity index (χ4v) is 2.85. The van der Waals surface area contributed by atoms with Gasteiger partial charge in [-0.2, -0.15) is 4.37 Å². The van der Waals surface area contributed by atoms with E-state index in [0.29, 0.717) is 45.5 Å². The fourth-order valence-electron chi connectivity index (χ4n) is 2.32. The number of hydrogen-bond acceptors (Lipinski definition) is 8. The van der Waals surface area contributed by atoms with Gasteiger partial charge in [0.15, 0.2) is 0 Å². The van der Waals surface area contributed by atoms with Crippen molar-refractivity contribution in [1.29, 1.82) is 0 Å². The smallest absolute Gasteiger partial charge is 0.253 e. The van der Waals surface area contributed by atoms with Gasteiger partial charge in [0, 0.05) is 19.7 Å². The van der Waals surface area contributed by atoms with Crippen LogP contribution >= 0.6 is 24.1 Å². The third kappa shape index (κ3) is 8.44. The molecule has 0 N–H and O–H groups in total. The number of likely N-dealkylation sites (N-methyl/N-ethyl adjacent to an activating group) is 1. The summed E-state index contributed by atoms with van der Waals surface area (Å²) in [5.74, 6) is 0.609. The molecule has 1 aliphatic heterocycles. The van der Waals surface area contributed by atoms with Gasteiger partial charge in [-0.3, -0.25) is 0 Å². The van der Waals surface area contributed by atoms with Crippen molar-refractivity contribution in [3.63, 3.8) is 0 Å². The summed E-state index contributed by atoms with van der Waals surface area (Å²) in [5.41, 5.74) is 2.06. The summed E-state index contributed by atoms with van der Waals surface area (Å²) >= 11 is 1.19. The first-order valence-corrected chi connectivity index (χ1v) is 9.10. The highest BCUT2D eigenvalue weighted by Gasteiger charge is 2.18. The number of hydrogen-bond donors (Lipinski definition) is 0. The third-order valence-electron chi connectivity index (χ3n) is 3.52. The van der Waals surface area contributed by atoms with E-state index in [-0.39, 0.29) is 12.4 Å². The van der Waals surface area contributed by atoms with Crippen molar-refractivity contribution in [1.82, 2.24) is 13.6 Å². The minimum Gasteiger partial charge on any atom is -0.473 e. The van der Waals surface area contributed by atoms with Gasteiger partial charge in [-0.25, -0.2) is 0 Å². The van der Waals surface area contributed by atoms with Gasteiger partial charge >= 0.3 is 0 Å². The van der Waals surface area contributed by atoms with Crippen molar-refractivity contribution in [2.75, 3.05) is 66.4 Å². The zero-order valence-electron chi connectivity index (χ0n) is 14.9. The second-order valence-electron chi connectivity index (χ2n) is 5.44. The lowest BCUT2D eigenvalue weighted by Crippen LogP contribution is -2.25. The van der Waals surface area contributed by atoms with Crippen LogP contribution < -0.4 is 4.74 Å². The molecule has 0 bridgehead atoms. The van der Waals surface area contributed by atoms with Gasteiger partial charge in [-0.15, -0.1) is 16.8 Å². The predicted molar refractivity (Wildman–Crippen MR) is 101 cm³/mol. The molecule has 0 atom stereocenters. The normalized spacial score (nSPS) is 14.9. The lowest BCUT2D eigenvalue weighted by atomic mass is 10.1. The van der Waals surface area contributed by atoms with Crippen LogP contribution in [0, 0.1) is 0 Å². The van der Waals surface area contributed by atoms with Gasteiger partial charge in [0.1, 0.15) is 12.3 Å². The first kappa shape index (κ1) is 22.3. The first-order valence-electron chi connectivity index (χ1n) is 8.37. The molecule has 2 heterocycles. The Kier molecular flexibility index (Phi) is 12.0. The quantitative estimate of drug-likeness (QED) is 0.504. The molecule has 0 amide bonds. The van der Waals surface area contributed by atoms with Crippen molar-refractivity contribution in [3.8, 4) is 5.88 Å². The number of nitrogens with zero attached hydrogens (tertiary/aromatic N) is 3. The van der Waals surface area contributed by atoms with Crippen LogP contribution in [0.2, 0.25) is 0 Å². The predicted octanol–water partition coefficient (Wildman–Crippen LogP) is 2.13. The molecule has 0 saturated carbocycles. The molecule has 0 unspecified atom stereocenters. The summed E-state index contributed by atoms with van der Waals surface area (Å²) in [5, 5.41) is 0. The maximum Gasteiger partial charge on any atom is 0.253 e. The molecule has 0 fully saturated rings. The van der Waals surface area contributed by atoms with E-state index in [1.807, 2.05) is 6.92 Å². The maximum atomic E-state index is 5.72. The summed E-state index contributed by atoms with van der Waals surface area (Å²) in [6.07, 6.45) is 3.26. The number of ether oxygens (including phenoxy) is 4. The van der Waals surface area contributed by atoms with Crippen LogP contribution in [0.15, 0.2) is 6.08 Å². The largest absolute Gasteiger partial charge is 0.473 e. The highest BCUT2D eigenvalue weighted by Crippen LogP contribution is 2.26. The lowest BCUT2D eigenvalue weighted by Gasteiger charge is -2.22. The second-order valence-corrected chi connectivity index (χ2v) is 5.97. The van der Waals surface area contributed by atoms with E-state index in [2.05, 4.69) is 26.8 Å². The van der Waals surface area contributed by atoms with Gasteiger partial charge < -0.3 is 23.8 Å². The molecule has 2 rings (SSSR count). The summed E-state index contributed by atoms with van der Waals surface area (Å²) in [6, 6.07) is 0. The molecule has 0 spiro atoms. The zero-order chi connectivity index (χ0) is 17.0. The number of rotatable bonds is 12. The summed E-state index contributed by atoms with van der Waals surface area (Å²) < 4.78 is 30.4. The van der Waals surface area contributed by atoms with Crippen molar-refractivity contribution in [2.24, 2.45) is 0 Å². The summed E-state index contributed by atoms with van der Waals surface area (Å²) in [6.45, 7) is 7.96. The standard InChI is InChI=1S/C16H27N3O4S.ClH/c1-3-20-7-8-21-9-10-22-11-12-23-16-15(17-24-18-16)14-5-4-6-19(2)13-14;/h5H,3-4,6-13H2,1-2H3;1H. The molecule has 0 aromatic carbocycles. The monoisotopic (exact) mass is 393 g/mol. The van der Waals surface area contributed by atoms with Gasteiger partial charge in [-0.05, 0) is 26.0 Å². The minimum atomic E-state index is 0. The van der Waals surface area contributed by atoms with Crippen LogP contribution in [0.1, 0.15) is 19.0 Å². The third-order valence-corrected chi connectivity index (χ3v) is 4.03. The average molecular weight is 394 g/mol. The van der Waals surface area contributed by atoms with E-state index in [9.17, 15) is 0 Å². The maximum absolute atomic E-state index is 5.72. The van der Waals surface area contributed by atoms with Crippen molar-refractivity contribution >= 4 is 29.7 Å². The highest BCUT2D eigenvalue weighted by molar-refractivity contribution is 6.99. The van der Waals surface area contributed by atoms with E-state index in [0.717, 1.165) is 31.8 Å². The summed E-state index contributed by atoms with van der Waals surface area (Å²) in [4.78, 5) is 2.27. The molecular weight excluding hydrogens is 366 g/mol. The summed E-state index contributed by atoms with van der Waals surface area (Å²) in [7, 11) is 2.11.